The zero-order chi connectivity index (χ0) is 15.4. The van der Waals surface area contributed by atoms with Crippen LogP contribution in [0, 0.1) is 11.8 Å². The number of carbonyl (C=O) groups is 1. The van der Waals surface area contributed by atoms with Crippen LogP contribution < -0.4 is 10.1 Å². The number of halogens is 1. The lowest BCUT2D eigenvalue weighted by molar-refractivity contribution is 0.0886. The first-order valence-electron chi connectivity index (χ1n) is 7.67. The van der Waals surface area contributed by atoms with Crippen molar-refractivity contribution in [1.82, 2.24) is 5.32 Å². The molecule has 2 rings (SSSR count). The molecule has 2 atom stereocenters. The molecule has 4 heteroatoms. The van der Waals surface area contributed by atoms with Gasteiger partial charge in [-0.15, -0.1) is 0 Å². The van der Waals surface area contributed by atoms with Gasteiger partial charge >= 0.3 is 0 Å². The standard InChI is InChI=1S/C17H24BrNO2/c1-11(2)13-6-4-5-7-15(13)19-17(20)14-9-8-12(18)10-16(14)21-3/h8-11,13,15H,4-7H2,1-3H3,(H,19,20). The van der Waals surface area contributed by atoms with E-state index < -0.39 is 0 Å². The second-order valence-corrected chi connectivity index (χ2v) is 7.03. The Hall–Kier alpha value is -1.03. The molecule has 0 aromatic heterocycles. The monoisotopic (exact) mass is 353 g/mol. The van der Waals surface area contributed by atoms with Crippen molar-refractivity contribution in [2.24, 2.45) is 11.8 Å². The van der Waals surface area contributed by atoms with Crippen LogP contribution in [-0.2, 0) is 0 Å². The maximum atomic E-state index is 12.6. The highest BCUT2D eigenvalue weighted by atomic mass is 79.9. The molecule has 0 spiro atoms. The van der Waals surface area contributed by atoms with E-state index in [9.17, 15) is 4.79 Å². The molecule has 0 radical (unpaired) electrons. The van der Waals surface area contributed by atoms with E-state index in [-0.39, 0.29) is 11.9 Å². The second-order valence-electron chi connectivity index (χ2n) is 6.12. The van der Waals surface area contributed by atoms with Crippen LogP contribution in [-0.4, -0.2) is 19.1 Å². The topological polar surface area (TPSA) is 38.3 Å². The number of rotatable bonds is 4. The lowest BCUT2D eigenvalue weighted by atomic mass is 9.78. The molecule has 1 aromatic rings. The lowest BCUT2D eigenvalue weighted by Gasteiger charge is -2.35. The smallest absolute Gasteiger partial charge is 0.255 e. The summed E-state index contributed by atoms with van der Waals surface area (Å²) in [6.07, 6.45) is 4.76. The Kier molecular flexibility index (Phi) is 5.68. The number of hydrogen-bond donors (Lipinski definition) is 1. The lowest BCUT2D eigenvalue weighted by Crippen LogP contribution is -2.44. The van der Waals surface area contributed by atoms with E-state index in [1.807, 2.05) is 18.2 Å². The maximum absolute atomic E-state index is 12.6. The molecule has 1 fully saturated rings. The van der Waals surface area contributed by atoms with Gasteiger partial charge < -0.3 is 10.1 Å². The van der Waals surface area contributed by atoms with Gasteiger partial charge in [-0.25, -0.2) is 0 Å². The molecule has 0 saturated heterocycles. The minimum Gasteiger partial charge on any atom is -0.496 e. The second kappa shape index (κ2) is 7.30. The number of methoxy groups -OCH3 is 1. The highest BCUT2D eigenvalue weighted by Crippen LogP contribution is 2.31. The van der Waals surface area contributed by atoms with Crippen LogP contribution in [0.5, 0.6) is 5.75 Å². The van der Waals surface area contributed by atoms with Crippen molar-refractivity contribution in [1.29, 1.82) is 0 Å². The summed E-state index contributed by atoms with van der Waals surface area (Å²) in [5.74, 6) is 1.75. The quantitative estimate of drug-likeness (QED) is 0.870. The molecule has 1 aliphatic rings. The molecule has 116 valence electrons. The third kappa shape index (κ3) is 4.00. The van der Waals surface area contributed by atoms with Crippen LogP contribution in [0.25, 0.3) is 0 Å². The molecule has 21 heavy (non-hydrogen) atoms. The van der Waals surface area contributed by atoms with Crippen LogP contribution in [0.2, 0.25) is 0 Å². The average molecular weight is 354 g/mol. The third-order valence-electron chi connectivity index (χ3n) is 4.40. The Bertz CT molecular complexity index is 502. The van der Waals surface area contributed by atoms with Crippen molar-refractivity contribution in [2.75, 3.05) is 7.11 Å². The molecular weight excluding hydrogens is 330 g/mol. The van der Waals surface area contributed by atoms with E-state index in [0.29, 0.717) is 23.1 Å². The van der Waals surface area contributed by atoms with Gasteiger partial charge in [-0.05, 0) is 42.9 Å². The zero-order valence-electron chi connectivity index (χ0n) is 13.0. The summed E-state index contributed by atoms with van der Waals surface area (Å²) in [6.45, 7) is 4.49. The van der Waals surface area contributed by atoms with Gasteiger partial charge in [-0.3, -0.25) is 4.79 Å². The van der Waals surface area contributed by atoms with Crippen LogP contribution in [0.15, 0.2) is 22.7 Å². The Morgan fingerprint density at radius 1 is 1.33 bits per heavy atom. The molecule has 1 aromatic carbocycles. The van der Waals surface area contributed by atoms with Crippen molar-refractivity contribution in [2.45, 2.75) is 45.6 Å². The van der Waals surface area contributed by atoms with Crippen LogP contribution in [0.4, 0.5) is 0 Å². The number of benzene rings is 1. The first-order chi connectivity index (χ1) is 10.0. The molecule has 0 heterocycles. The molecule has 2 unspecified atom stereocenters. The Balaban J connectivity index is 2.13. The van der Waals surface area contributed by atoms with Gasteiger partial charge in [0.25, 0.3) is 5.91 Å². The SMILES string of the molecule is COc1cc(Br)ccc1C(=O)NC1CCCCC1C(C)C. The van der Waals surface area contributed by atoms with Crippen molar-refractivity contribution in [3.05, 3.63) is 28.2 Å². The van der Waals surface area contributed by atoms with E-state index in [1.54, 1.807) is 7.11 Å². The number of ether oxygens (including phenoxy) is 1. The van der Waals surface area contributed by atoms with Crippen LogP contribution in [0.3, 0.4) is 0 Å². The van der Waals surface area contributed by atoms with E-state index in [1.165, 1.54) is 19.3 Å². The maximum Gasteiger partial charge on any atom is 0.255 e. The average Bonchev–Trinajstić information content (AvgIpc) is 2.47. The van der Waals surface area contributed by atoms with Gasteiger partial charge in [-0.2, -0.15) is 0 Å². The summed E-state index contributed by atoms with van der Waals surface area (Å²) in [5.41, 5.74) is 0.605. The predicted molar refractivity (Wildman–Crippen MR) is 88.7 cm³/mol. The summed E-state index contributed by atoms with van der Waals surface area (Å²) >= 11 is 3.40. The number of amides is 1. The summed E-state index contributed by atoms with van der Waals surface area (Å²) < 4.78 is 6.23. The normalized spacial score (nSPS) is 22.1. The van der Waals surface area contributed by atoms with Gasteiger partial charge in [0.15, 0.2) is 0 Å². The first kappa shape index (κ1) is 16.3. The largest absolute Gasteiger partial charge is 0.496 e. The van der Waals surface area contributed by atoms with Crippen molar-refractivity contribution >= 4 is 21.8 Å². The summed E-state index contributed by atoms with van der Waals surface area (Å²) in [4.78, 5) is 12.6. The highest BCUT2D eigenvalue weighted by Gasteiger charge is 2.29. The molecule has 0 bridgehead atoms. The summed E-state index contributed by atoms with van der Waals surface area (Å²) in [6, 6.07) is 5.79. The number of carbonyl (C=O) groups excluding carboxylic acids is 1. The zero-order valence-corrected chi connectivity index (χ0v) is 14.6. The number of nitrogens with one attached hydrogen (secondary N) is 1. The molecule has 1 aliphatic carbocycles. The minimum atomic E-state index is -0.0306. The summed E-state index contributed by atoms with van der Waals surface area (Å²) in [5, 5.41) is 3.23. The summed E-state index contributed by atoms with van der Waals surface area (Å²) in [7, 11) is 1.59. The van der Waals surface area contributed by atoms with Crippen molar-refractivity contribution in [3.8, 4) is 5.75 Å². The predicted octanol–water partition coefficient (Wildman–Crippen LogP) is 4.40. The molecule has 1 N–H and O–H groups in total. The number of hydrogen-bond acceptors (Lipinski definition) is 2. The molecular formula is C17H24BrNO2. The van der Waals surface area contributed by atoms with Crippen LogP contribution in [0.1, 0.15) is 49.9 Å². The minimum absolute atomic E-state index is 0.0306. The highest BCUT2D eigenvalue weighted by molar-refractivity contribution is 9.10. The Morgan fingerprint density at radius 3 is 2.71 bits per heavy atom. The van der Waals surface area contributed by atoms with E-state index in [0.717, 1.165) is 10.9 Å². The fraction of sp³-hybridized carbons (Fsp3) is 0.588. The molecule has 1 saturated carbocycles. The molecule has 3 nitrogen and oxygen atoms in total. The van der Waals surface area contributed by atoms with Gasteiger partial charge in [0.1, 0.15) is 5.75 Å². The van der Waals surface area contributed by atoms with E-state index in [4.69, 9.17) is 4.74 Å². The van der Waals surface area contributed by atoms with Gasteiger partial charge in [-0.1, -0.05) is 42.6 Å². The van der Waals surface area contributed by atoms with Gasteiger partial charge in [0.2, 0.25) is 0 Å². The fourth-order valence-electron chi connectivity index (χ4n) is 3.24. The van der Waals surface area contributed by atoms with Crippen molar-refractivity contribution < 1.29 is 9.53 Å². The van der Waals surface area contributed by atoms with Crippen molar-refractivity contribution in [3.63, 3.8) is 0 Å². The molecule has 1 amide bonds. The van der Waals surface area contributed by atoms with E-state index in [2.05, 4.69) is 35.1 Å². The Morgan fingerprint density at radius 2 is 2.05 bits per heavy atom. The third-order valence-corrected chi connectivity index (χ3v) is 4.89. The van der Waals surface area contributed by atoms with Gasteiger partial charge in [0, 0.05) is 10.5 Å². The fourth-order valence-corrected chi connectivity index (χ4v) is 3.58. The van der Waals surface area contributed by atoms with E-state index >= 15 is 0 Å². The molecule has 0 aliphatic heterocycles. The Labute approximate surface area is 135 Å². The van der Waals surface area contributed by atoms with Crippen LogP contribution >= 0.6 is 15.9 Å². The first-order valence-corrected chi connectivity index (χ1v) is 8.46. The van der Waals surface area contributed by atoms with Gasteiger partial charge in [0.05, 0.1) is 12.7 Å².